The molecule has 0 aliphatic rings. The first-order valence-electron chi connectivity index (χ1n) is 5.73. The number of hydrogen-bond acceptors (Lipinski definition) is 3. The Hall–Kier alpha value is -2.39. The molecule has 0 spiro atoms. The Morgan fingerprint density at radius 1 is 1.25 bits per heavy atom. The highest BCUT2D eigenvalue weighted by Gasteiger charge is 2.12. The second-order valence-corrected chi connectivity index (χ2v) is 5.07. The maximum atomic E-state index is 13.3. The first-order chi connectivity index (χ1) is 9.60. The lowest BCUT2D eigenvalue weighted by atomic mass is 10.2. The third-order valence-corrected chi connectivity index (χ3v) is 3.58. The van der Waals surface area contributed by atoms with Gasteiger partial charge in [-0.25, -0.2) is 9.37 Å². The molecule has 0 saturated carbocycles. The van der Waals surface area contributed by atoms with E-state index in [0.717, 1.165) is 0 Å². The van der Waals surface area contributed by atoms with E-state index >= 15 is 0 Å². The molecule has 1 aromatic heterocycles. The van der Waals surface area contributed by atoms with E-state index in [4.69, 9.17) is 11.0 Å². The highest BCUT2D eigenvalue weighted by atomic mass is 79.9. The van der Waals surface area contributed by atoms with Gasteiger partial charge in [-0.2, -0.15) is 5.26 Å². The summed E-state index contributed by atoms with van der Waals surface area (Å²) < 4.78 is 15.3. The van der Waals surface area contributed by atoms with Crippen molar-refractivity contribution in [1.82, 2.24) is 9.55 Å². The quantitative estimate of drug-likeness (QED) is 0.743. The third kappa shape index (κ3) is 1.92. The lowest BCUT2D eigenvalue weighted by Gasteiger charge is -2.07. The molecule has 0 amide bonds. The number of anilines is 1. The van der Waals surface area contributed by atoms with Crippen molar-refractivity contribution in [1.29, 1.82) is 5.26 Å². The van der Waals surface area contributed by atoms with E-state index < -0.39 is 0 Å². The molecule has 98 valence electrons. The first-order valence-corrected chi connectivity index (χ1v) is 6.53. The van der Waals surface area contributed by atoms with Crippen LogP contribution >= 0.6 is 15.9 Å². The van der Waals surface area contributed by atoms with Crippen molar-refractivity contribution in [3.05, 3.63) is 52.3 Å². The molecule has 0 fully saturated rings. The number of nitrogens with two attached hydrogens (primary N) is 1. The number of fused-ring (bicyclic) bond motifs is 1. The van der Waals surface area contributed by atoms with Crippen LogP contribution in [0.4, 0.5) is 10.3 Å². The van der Waals surface area contributed by atoms with E-state index in [1.165, 1.54) is 6.07 Å². The highest BCUT2D eigenvalue weighted by molar-refractivity contribution is 9.10. The average Bonchev–Trinajstić information content (AvgIpc) is 2.77. The second kappa shape index (κ2) is 4.62. The molecule has 6 heteroatoms. The molecule has 0 atom stereocenters. The van der Waals surface area contributed by atoms with Crippen molar-refractivity contribution >= 4 is 32.9 Å². The fourth-order valence-electron chi connectivity index (χ4n) is 2.06. The van der Waals surface area contributed by atoms with Crippen LogP contribution in [0.15, 0.2) is 40.9 Å². The van der Waals surface area contributed by atoms with Gasteiger partial charge in [-0.15, -0.1) is 0 Å². The molecular formula is C14H8BrFN4. The van der Waals surface area contributed by atoms with E-state index in [1.807, 2.05) is 0 Å². The zero-order chi connectivity index (χ0) is 14.3. The molecule has 3 rings (SSSR count). The van der Waals surface area contributed by atoms with Crippen molar-refractivity contribution in [3.63, 3.8) is 0 Å². The predicted molar refractivity (Wildman–Crippen MR) is 77.9 cm³/mol. The van der Waals surface area contributed by atoms with Gasteiger partial charge in [0.05, 0.1) is 32.8 Å². The van der Waals surface area contributed by atoms with Gasteiger partial charge in [0.15, 0.2) is 0 Å². The van der Waals surface area contributed by atoms with Crippen LogP contribution in [0.2, 0.25) is 0 Å². The summed E-state index contributed by atoms with van der Waals surface area (Å²) in [5.74, 6) is -0.0666. The molecule has 1 heterocycles. The van der Waals surface area contributed by atoms with Crippen molar-refractivity contribution in [2.75, 3.05) is 5.73 Å². The number of nitriles is 1. The molecule has 3 aromatic rings. The molecule has 0 unspecified atom stereocenters. The minimum Gasteiger partial charge on any atom is -0.369 e. The Bertz CT molecular complexity index is 863. The van der Waals surface area contributed by atoms with Crippen LogP contribution in [0.5, 0.6) is 0 Å². The number of hydrogen-bond donors (Lipinski definition) is 1. The summed E-state index contributed by atoms with van der Waals surface area (Å²) >= 11 is 3.15. The number of aromatic nitrogens is 2. The Morgan fingerprint density at radius 3 is 2.75 bits per heavy atom. The van der Waals surface area contributed by atoms with Gasteiger partial charge in [0, 0.05) is 0 Å². The second-order valence-electron chi connectivity index (χ2n) is 4.22. The van der Waals surface area contributed by atoms with Crippen LogP contribution in [0.1, 0.15) is 5.56 Å². The fourth-order valence-corrected chi connectivity index (χ4v) is 2.43. The molecule has 0 bridgehead atoms. The monoisotopic (exact) mass is 330 g/mol. The molecule has 2 aromatic carbocycles. The van der Waals surface area contributed by atoms with Crippen LogP contribution in [0, 0.1) is 17.1 Å². The van der Waals surface area contributed by atoms with Gasteiger partial charge in [-0.1, -0.05) is 0 Å². The van der Waals surface area contributed by atoms with Gasteiger partial charge in [0.1, 0.15) is 5.82 Å². The summed E-state index contributed by atoms with van der Waals surface area (Å²) in [6.45, 7) is 0. The predicted octanol–water partition coefficient (Wildman–Crippen LogP) is 3.38. The normalized spacial score (nSPS) is 10.7. The minimum absolute atomic E-state index is 0.286. The molecule has 0 saturated heterocycles. The Labute approximate surface area is 122 Å². The number of nitrogen functional groups attached to an aromatic ring is 1. The first kappa shape index (κ1) is 12.6. The fraction of sp³-hybridized carbons (Fsp3) is 0. The number of imidazole rings is 1. The number of rotatable bonds is 1. The van der Waals surface area contributed by atoms with Gasteiger partial charge in [0.2, 0.25) is 5.95 Å². The molecule has 2 N–H and O–H groups in total. The Morgan fingerprint density at radius 2 is 2.05 bits per heavy atom. The lowest BCUT2D eigenvalue weighted by molar-refractivity contribution is 0.620. The van der Waals surface area contributed by atoms with Crippen molar-refractivity contribution < 1.29 is 4.39 Å². The molecule has 20 heavy (non-hydrogen) atoms. The summed E-state index contributed by atoms with van der Waals surface area (Å²) in [6.07, 6.45) is 0. The molecule has 4 nitrogen and oxygen atoms in total. The Kier molecular flexibility index (Phi) is 2.92. The average molecular weight is 331 g/mol. The molecule has 0 aliphatic heterocycles. The van der Waals surface area contributed by atoms with Crippen LogP contribution < -0.4 is 5.73 Å². The van der Waals surface area contributed by atoms with E-state index in [0.29, 0.717) is 26.8 Å². The van der Waals surface area contributed by atoms with Crippen molar-refractivity contribution in [2.24, 2.45) is 0 Å². The van der Waals surface area contributed by atoms with E-state index in [9.17, 15) is 4.39 Å². The van der Waals surface area contributed by atoms with E-state index in [-0.39, 0.29) is 11.8 Å². The third-order valence-electron chi connectivity index (χ3n) is 2.97. The van der Waals surface area contributed by atoms with Crippen LogP contribution in [-0.2, 0) is 0 Å². The summed E-state index contributed by atoms with van der Waals surface area (Å²) in [5.41, 5.74) is 8.50. The van der Waals surface area contributed by atoms with Gasteiger partial charge in [-0.3, -0.25) is 4.57 Å². The van der Waals surface area contributed by atoms with Crippen molar-refractivity contribution in [2.45, 2.75) is 0 Å². The summed E-state index contributed by atoms with van der Waals surface area (Å²) in [6, 6.07) is 11.8. The van der Waals surface area contributed by atoms with Crippen molar-refractivity contribution in [3.8, 4) is 11.8 Å². The SMILES string of the molecule is N#Cc1ccc2nc(N)n(-c3ccc(F)c(Br)c3)c2c1. The summed E-state index contributed by atoms with van der Waals surface area (Å²) in [7, 11) is 0. The van der Waals surface area contributed by atoms with Gasteiger partial charge < -0.3 is 5.73 Å². The van der Waals surface area contributed by atoms with Gasteiger partial charge in [-0.05, 0) is 52.3 Å². The maximum absolute atomic E-state index is 13.3. The zero-order valence-corrected chi connectivity index (χ0v) is 11.7. The largest absolute Gasteiger partial charge is 0.369 e. The number of halogens is 2. The number of nitrogens with zero attached hydrogens (tertiary/aromatic N) is 3. The lowest BCUT2D eigenvalue weighted by Crippen LogP contribution is -2.01. The molecule has 0 aliphatic carbocycles. The van der Waals surface area contributed by atoms with Crippen LogP contribution in [-0.4, -0.2) is 9.55 Å². The zero-order valence-electron chi connectivity index (χ0n) is 10.1. The highest BCUT2D eigenvalue weighted by Crippen LogP contribution is 2.26. The van der Waals surface area contributed by atoms with Crippen LogP contribution in [0.25, 0.3) is 16.7 Å². The standard InChI is InChI=1S/C14H8BrFN4/c15-10-6-9(2-3-11(10)16)20-13-5-8(7-17)1-4-12(13)19-14(20)18/h1-6H,(H2,18,19). The van der Waals surface area contributed by atoms with Gasteiger partial charge >= 0.3 is 0 Å². The van der Waals surface area contributed by atoms with Gasteiger partial charge in [0.25, 0.3) is 0 Å². The van der Waals surface area contributed by atoms with E-state index in [2.05, 4.69) is 27.0 Å². The topological polar surface area (TPSA) is 67.6 Å². The minimum atomic E-state index is -0.352. The van der Waals surface area contributed by atoms with E-state index in [1.54, 1.807) is 34.9 Å². The molecular weight excluding hydrogens is 323 g/mol. The number of benzene rings is 2. The maximum Gasteiger partial charge on any atom is 0.205 e. The Balaban J connectivity index is 2.32. The smallest absolute Gasteiger partial charge is 0.205 e. The van der Waals surface area contributed by atoms with Crippen LogP contribution in [0.3, 0.4) is 0 Å². The molecule has 0 radical (unpaired) electrons. The summed E-state index contributed by atoms with van der Waals surface area (Å²) in [5, 5.41) is 8.98. The summed E-state index contributed by atoms with van der Waals surface area (Å²) in [4.78, 5) is 4.24.